The molecule has 0 radical (unpaired) electrons. The molecule has 0 saturated heterocycles. The van der Waals surface area contributed by atoms with E-state index >= 15 is 0 Å². The molecule has 0 aliphatic carbocycles. The van der Waals surface area contributed by atoms with Gasteiger partial charge in [-0.25, -0.2) is 4.79 Å². The number of halogens is 1. The van der Waals surface area contributed by atoms with Crippen molar-refractivity contribution in [1.29, 1.82) is 0 Å². The molecule has 0 aliphatic heterocycles. The standard InChI is InChI=1S/C12H8ClNO5S/c13-11-4-2-8(20-11)6-19-10-3-1-7(14(17)18)5-9(10)12(15)16/h1-5H,6H2,(H,15,16). The first-order valence-electron chi connectivity index (χ1n) is 5.36. The number of aromatic carboxylic acids is 1. The Kier molecular flexibility index (Phi) is 4.21. The Hall–Kier alpha value is -2.12. The Labute approximate surface area is 122 Å². The molecule has 2 rings (SSSR count). The number of hydrogen-bond acceptors (Lipinski definition) is 5. The zero-order valence-corrected chi connectivity index (χ0v) is 11.5. The number of non-ortho nitro benzene ring substituents is 1. The van der Waals surface area contributed by atoms with Crippen LogP contribution in [0.4, 0.5) is 5.69 Å². The number of benzene rings is 1. The number of ether oxygens (including phenoxy) is 1. The lowest BCUT2D eigenvalue weighted by molar-refractivity contribution is -0.384. The van der Waals surface area contributed by atoms with Gasteiger partial charge in [0.15, 0.2) is 0 Å². The topological polar surface area (TPSA) is 89.7 Å². The zero-order valence-electron chi connectivity index (χ0n) is 9.91. The Morgan fingerprint density at radius 3 is 2.70 bits per heavy atom. The number of rotatable bonds is 5. The second kappa shape index (κ2) is 5.89. The molecule has 0 atom stereocenters. The van der Waals surface area contributed by atoms with Gasteiger partial charge in [-0.3, -0.25) is 10.1 Å². The van der Waals surface area contributed by atoms with Crippen LogP contribution in [0.2, 0.25) is 4.34 Å². The van der Waals surface area contributed by atoms with Gasteiger partial charge < -0.3 is 9.84 Å². The summed E-state index contributed by atoms with van der Waals surface area (Å²) in [4.78, 5) is 21.9. The number of carboxylic acid groups (broad SMARTS) is 1. The second-order valence-electron chi connectivity index (χ2n) is 3.74. The summed E-state index contributed by atoms with van der Waals surface area (Å²) in [5, 5.41) is 19.7. The summed E-state index contributed by atoms with van der Waals surface area (Å²) in [6, 6.07) is 6.91. The molecule has 0 saturated carbocycles. The van der Waals surface area contributed by atoms with Crippen molar-refractivity contribution in [2.45, 2.75) is 6.61 Å². The number of hydrogen-bond donors (Lipinski definition) is 1. The first-order valence-corrected chi connectivity index (χ1v) is 6.55. The van der Waals surface area contributed by atoms with E-state index in [9.17, 15) is 14.9 Å². The van der Waals surface area contributed by atoms with Crippen molar-refractivity contribution in [3.8, 4) is 5.75 Å². The summed E-state index contributed by atoms with van der Waals surface area (Å²) in [6.07, 6.45) is 0. The van der Waals surface area contributed by atoms with E-state index < -0.39 is 10.9 Å². The zero-order chi connectivity index (χ0) is 14.7. The molecule has 0 aliphatic rings. The lowest BCUT2D eigenvalue weighted by Gasteiger charge is -2.07. The average Bonchev–Trinajstić information content (AvgIpc) is 2.81. The van der Waals surface area contributed by atoms with Crippen molar-refractivity contribution in [1.82, 2.24) is 0 Å². The first kappa shape index (κ1) is 14.3. The molecule has 6 nitrogen and oxygen atoms in total. The van der Waals surface area contributed by atoms with Gasteiger partial charge in [-0.15, -0.1) is 11.3 Å². The van der Waals surface area contributed by atoms with Gasteiger partial charge in [0.1, 0.15) is 17.9 Å². The van der Waals surface area contributed by atoms with E-state index in [0.29, 0.717) is 4.34 Å². The van der Waals surface area contributed by atoms with Crippen molar-refractivity contribution in [3.63, 3.8) is 0 Å². The normalized spacial score (nSPS) is 10.2. The van der Waals surface area contributed by atoms with Gasteiger partial charge in [0.25, 0.3) is 5.69 Å². The van der Waals surface area contributed by atoms with E-state index in [2.05, 4.69) is 0 Å². The number of nitro groups is 1. The fraction of sp³-hybridized carbons (Fsp3) is 0.0833. The van der Waals surface area contributed by atoms with Crippen molar-refractivity contribution < 1.29 is 19.6 Å². The van der Waals surface area contributed by atoms with Gasteiger partial charge in [0, 0.05) is 17.0 Å². The fourth-order valence-electron chi connectivity index (χ4n) is 1.50. The molecule has 1 aromatic heterocycles. The van der Waals surface area contributed by atoms with Crippen LogP contribution in [0.1, 0.15) is 15.2 Å². The molecule has 1 aromatic carbocycles. The third-order valence-corrected chi connectivity index (χ3v) is 3.61. The first-order chi connectivity index (χ1) is 9.47. The van der Waals surface area contributed by atoms with Crippen LogP contribution in [0, 0.1) is 10.1 Å². The molecule has 0 unspecified atom stereocenters. The molecular formula is C12H8ClNO5S. The van der Waals surface area contributed by atoms with E-state index in [1.54, 1.807) is 12.1 Å². The number of nitro benzene ring substituents is 1. The van der Waals surface area contributed by atoms with Crippen molar-refractivity contribution in [2.24, 2.45) is 0 Å². The summed E-state index contributed by atoms with van der Waals surface area (Å²) in [5.41, 5.74) is -0.546. The SMILES string of the molecule is O=C(O)c1cc([N+](=O)[O-])ccc1OCc1ccc(Cl)s1. The number of thiophene rings is 1. The van der Waals surface area contributed by atoms with Crippen LogP contribution in [0.3, 0.4) is 0 Å². The largest absolute Gasteiger partial charge is 0.487 e. The number of nitrogens with zero attached hydrogens (tertiary/aromatic N) is 1. The van der Waals surface area contributed by atoms with E-state index in [1.165, 1.54) is 23.5 Å². The highest BCUT2D eigenvalue weighted by molar-refractivity contribution is 7.16. The van der Waals surface area contributed by atoms with E-state index in [-0.39, 0.29) is 23.6 Å². The Bertz CT molecular complexity index is 670. The average molecular weight is 314 g/mol. The van der Waals surface area contributed by atoms with Crippen LogP contribution in [0.15, 0.2) is 30.3 Å². The van der Waals surface area contributed by atoms with Crippen LogP contribution in [-0.2, 0) is 6.61 Å². The minimum Gasteiger partial charge on any atom is -0.487 e. The summed E-state index contributed by atoms with van der Waals surface area (Å²) in [7, 11) is 0. The predicted molar refractivity (Wildman–Crippen MR) is 73.7 cm³/mol. The molecule has 0 spiro atoms. The van der Waals surface area contributed by atoms with Crippen molar-refractivity contribution >= 4 is 34.6 Å². The maximum Gasteiger partial charge on any atom is 0.339 e. The molecular weight excluding hydrogens is 306 g/mol. The van der Waals surface area contributed by atoms with E-state index in [1.807, 2.05) is 0 Å². The van der Waals surface area contributed by atoms with Crippen molar-refractivity contribution in [3.05, 3.63) is 55.2 Å². The second-order valence-corrected chi connectivity index (χ2v) is 5.54. The number of carboxylic acids is 1. The molecule has 1 heterocycles. The Morgan fingerprint density at radius 2 is 2.15 bits per heavy atom. The van der Waals surface area contributed by atoms with Gasteiger partial charge in [-0.1, -0.05) is 11.6 Å². The molecule has 1 N–H and O–H groups in total. The highest BCUT2D eigenvalue weighted by atomic mass is 35.5. The lowest BCUT2D eigenvalue weighted by atomic mass is 10.2. The molecule has 0 fully saturated rings. The van der Waals surface area contributed by atoms with E-state index in [0.717, 1.165) is 10.9 Å². The van der Waals surface area contributed by atoms with Crippen molar-refractivity contribution in [2.75, 3.05) is 0 Å². The summed E-state index contributed by atoms with van der Waals surface area (Å²) >= 11 is 7.09. The van der Waals surface area contributed by atoms with Crippen LogP contribution in [0.25, 0.3) is 0 Å². The smallest absolute Gasteiger partial charge is 0.339 e. The third kappa shape index (κ3) is 3.25. The maximum absolute atomic E-state index is 11.1. The maximum atomic E-state index is 11.1. The van der Waals surface area contributed by atoms with Crippen LogP contribution < -0.4 is 4.74 Å². The number of carbonyl (C=O) groups is 1. The summed E-state index contributed by atoms with van der Waals surface area (Å²) < 4.78 is 5.98. The van der Waals surface area contributed by atoms with Gasteiger partial charge in [-0.2, -0.15) is 0 Å². The minimum absolute atomic E-state index is 0.0765. The molecule has 0 bridgehead atoms. The quantitative estimate of drug-likeness (QED) is 0.673. The monoisotopic (exact) mass is 313 g/mol. The third-order valence-electron chi connectivity index (χ3n) is 2.40. The molecule has 2 aromatic rings. The Morgan fingerprint density at radius 1 is 1.40 bits per heavy atom. The van der Waals surface area contributed by atoms with Gasteiger partial charge in [-0.05, 0) is 18.2 Å². The molecule has 20 heavy (non-hydrogen) atoms. The van der Waals surface area contributed by atoms with Crippen LogP contribution >= 0.6 is 22.9 Å². The highest BCUT2D eigenvalue weighted by Gasteiger charge is 2.17. The molecule has 8 heteroatoms. The lowest BCUT2D eigenvalue weighted by Crippen LogP contribution is -2.04. The van der Waals surface area contributed by atoms with E-state index in [4.69, 9.17) is 21.4 Å². The van der Waals surface area contributed by atoms with Gasteiger partial charge >= 0.3 is 5.97 Å². The fourth-order valence-corrected chi connectivity index (χ4v) is 2.50. The van der Waals surface area contributed by atoms with Gasteiger partial charge in [0.2, 0.25) is 0 Å². The summed E-state index contributed by atoms with van der Waals surface area (Å²) in [5.74, 6) is -1.21. The Balaban J connectivity index is 2.22. The van der Waals surface area contributed by atoms with Crippen LogP contribution in [-0.4, -0.2) is 16.0 Å². The molecule has 0 amide bonds. The predicted octanol–water partition coefficient (Wildman–Crippen LogP) is 3.59. The highest BCUT2D eigenvalue weighted by Crippen LogP contribution is 2.27. The summed E-state index contributed by atoms with van der Waals surface area (Å²) in [6.45, 7) is 0.148. The van der Waals surface area contributed by atoms with Crippen LogP contribution in [0.5, 0.6) is 5.75 Å². The molecule has 104 valence electrons. The van der Waals surface area contributed by atoms with Gasteiger partial charge in [0.05, 0.1) is 9.26 Å². The minimum atomic E-state index is -1.28.